The van der Waals surface area contributed by atoms with Crippen LogP contribution in [0.1, 0.15) is 18.7 Å². The van der Waals surface area contributed by atoms with Crippen molar-refractivity contribution in [2.75, 3.05) is 6.61 Å². The van der Waals surface area contributed by atoms with Crippen molar-refractivity contribution in [1.82, 2.24) is 10.9 Å². The van der Waals surface area contributed by atoms with E-state index < -0.39 is 17.9 Å². The highest BCUT2D eigenvalue weighted by Gasteiger charge is 2.15. The zero-order chi connectivity index (χ0) is 18.1. The van der Waals surface area contributed by atoms with Gasteiger partial charge in [0.2, 0.25) is 0 Å². The quantitative estimate of drug-likeness (QED) is 0.588. The summed E-state index contributed by atoms with van der Waals surface area (Å²) < 4.78 is 10.9. The lowest BCUT2D eigenvalue weighted by Crippen LogP contribution is -2.46. The van der Waals surface area contributed by atoms with Crippen LogP contribution in [0.4, 0.5) is 0 Å². The molecule has 0 saturated heterocycles. The average molecular weight is 360 g/mol. The maximum Gasteiger partial charge on any atom is 0.279 e. The Kier molecular flexibility index (Phi) is 7.03. The first-order valence-electron chi connectivity index (χ1n) is 7.79. The molecule has 0 saturated carbocycles. The van der Waals surface area contributed by atoms with E-state index in [4.69, 9.17) is 9.47 Å². The lowest BCUT2D eigenvalue weighted by molar-refractivity contribution is -0.131. The third-order valence-electron chi connectivity index (χ3n) is 3.07. The smallest absolute Gasteiger partial charge is 0.279 e. The van der Waals surface area contributed by atoms with Gasteiger partial charge in [-0.15, -0.1) is 11.3 Å². The Hall–Kier alpha value is -2.80. The lowest BCUT2D eigenvalue weighted by atomic mass is 10.3. The number of thiophene rings is 1. The number of hydrogen-bond donors (Lipinski definition) is 2. The van der Waals surface area contributed by atoms with Crippen LogP contribution in [0.2, 0.25) is 0 Å². The molecule has 0 spiro atoms. The molecule has 25 heavy (non-hydrogen) atoms. The second-order valence-corrected chi connectivity index (χ2v) is 5.97. The molecular weight excluding hydrogens is 340 g/mol. The number of benzene rings is 1. The van der Waals surface area contributed by atoms with Gasteiger partial charge in [0.25, 0.3) is 11.8 Å². The van der Waals surface area contributed by atoms with Crippen LogP contribution >= 0.6 is 11.3 Å². The Balaban J connectivity index is 1.76. The first-order valence-corrected chi connectivity index (χ1v) is 8.67. The third kappa shape index (κ3) is 6.31. The molecule has 2 N–H and O–H groups in total. The normalized spacial score (nSPS) is 11.8. The van der Waals surface area contributed by atoms with Crippen LogP contribution in [0.15, 0.2) is 47.9 Å². The minimum atomic E-state index is -0.764. The van der Waals surface area contributed by atoms with Gasteiger partial charge in [-0.2, -0.15) is 0 Å². The fourth-order valence-electron chi connectivity index (χ4n) is 1.85. The fourth-order valence-corrected chi connectivity index (χ4v) is 2.47. The van der Waals surface area contributed by atoms with Crippen molar-refractivity contribution in [1.29, 1.82) is 0 Å². The van der Waals surface area contributed by atoms with E-state index in [0.29, 0.717) is 12.4 Å². The summed E-state index contributed by atoms with van der Waals surface area (Å²) in [7, 11) is 0. The average Bonchev–Trinajstić information content (AvgIpc) is 3.13. The Morgan fingerprint density at radius 1 is 1.16 bits per heavy atom. The second kappa shape index (κ2) is 9.48. The highest BCUT2D eigenvalue weighted by atomic mass is 32.1. The van der Waals surface area contributed by atoms with Gasteiger partial charge in [-0.25, -0.2) is 0 Å². The topological polar surface area (TPSA) is 76.7 Å². The van der Waals surface area contributed by atoms with Crippen LogP contribution in [0.25, 0.3) is 6.08 Å². The summed E-state index contributed by atoms with van der Waals surface area (Å²) in [6.07, 6.45) is 2.26. The Morgan fingerprint density at radius 3 is 2.52 bits per heavy atom. The molecule has 132 valence electrons. The van der Waals surface area contributed by atoms with Crippen LogP contribution in [0, 0.1) is 0 Å². The number of amides is 2. The molecule has 1 unspecified atom stereocenters. The van der Waals surface area contributed by atoms with Crippen molar-refractivity contribution in [2.45, 2.75) is 20.0 Å². The predicted octanol–water partition coefficient (Wildman–Crippen LogP) is 2.77. The number of nitrogens with one attached hydrogen (secondary N) is 2. The van der Waals surface area contributed by atoms with Crippen molar-refractivity contribution in [2.24, 2.45) is 0 Å². The summed E-state index contributed by atoms with van der Waals surface area (Å²) in [5.74, 6) is 0.397. The molecular formula is C18H20N2O4S. The Bertz CT molecular complexity index is 711. The number of carbonyl (C=O) groups excluding carboxylic acids is 2. The molecule has 0 bridgehead atoms. The molecule has 1 aromatic carbocycles. The van der Waals surface area contributed by atoms with Gasteiger partial charge in [0.05, 0.1) is 6.61 Å². The van der Waals surface area contributed by atoms with Gasteiger partial charge in [0.1, 0.15) is 11.5 Å². The molecule has 6 nitrogen and oxygen atoms in total. The molecule has 1 aromatic heterocycles. The van der Waals surface area contributed by atoms with Crippen molar-refractivity contribution in [3.05, 3.63) is 52.7 Å². The second-order valence-electron chi connectivity index (χ2n) is 4.99. The summed E-state index contributed by atoms with van der Waals surface area (Å²) in [5, 5.41) is 1.92. The number of ether oxygens (including phenoxy) is 2. The van der Waals surface area contributed by atoms with E-state index in [1.54, 1.807) is 37.3 Å². The fraction of sp³-hybridized carbons (Fsp3) is 0.222. The molecule has 0 aliphatic rings. The van der Waals surface area contributed by atoms with Crippen molar-refractivity contribution < 1.29 is 19.1 Å². The maximum atomic E-state index is 12.0. The van der Waals surface area contributed by atoms with E-state index >= 15 is 0 Å². The van der Waals surface area contributed by atoms with E-state index in [1.165, 1.54) is 17.4 Å². The number of carbonyl (C=O) groups is 2. The monoisotopic (exact) mass is 360 g/mol. The predicted molar refractivity (Wildman–Crippen MR) is 97.3 cm³/mol. The van der Waals surface area contributed by atoms with Gasteiger partial charge in [0, 0.05) is 11.0 Å². The van der Waals surface area contributed by atoms with Crippen LogP contribution < -0.4 is 20.3 Å². The van der Waals surface area contributed by atoms with Crippen LogP contribution in [0.5, 0.6) is 11.5 Å². The molecule has 1 atom stereocenters. The molecule has 1 heterocycles. The van der Waals surface area contributed by atoms with E-state index in [-0.39, 0.29) is 0 Å². The lowest BCUT2D eigenvalue weighted by Gasteiger charge is -2.15. The van der Waals surface area contributed by atoms with Gasteiger partial charge >= 0.3 is 0 Å². The van der Waals surface area contributed by atoms with E-state index in [2.05, 4.69) is 10.9 Å². The summed E-state index contributed by atoms with van der Waals surface area (Å²) >= 11 is 1.52. The van der Waals surface area contributed by atoms with Gasteiger partial charge in [-0.05, 0) is 55.6 Å². The van der Waals surface area contributed by atoms with E-state index in [1.807, 2.05) is 24.4 Å². The van der Waals surface area contributed by atoms with Gasteiger partial charge in [-0.1, -0.05) is 6.07 Å². The molecule has 2 amide bonds. The summed E-state index contributed by atoms with van der Waals surface area (Å²) in [5.41, 5.74) is 4.64. The standard InChI is InChI=1S/C18H20N2O4S/c1-3-23-14-6-8-15(9-7-14)24-13(2)18(22)20-19-17(21)11-10-16-5-4-12-25-16/h4-13H,3H2,1-2H3,(H,19,21)(H,20,22)/b11-10+. The van der Waals surface area contributed by atoms with Gasteiger partial charge in [0.15, 0.2) is 6.10 Å². The van der Waals surface area contributed by atoms with Crippen LogP contribution in [-0.2, 0) is 9.59 Å². The van der Waals surface area contributed by atoms with Crippen LogP contribution in [-0.4, -0.2) is 24.5 Å². The zero-order valence-electron chi connectivity index (χ0n) is 14.0. The third-order valence-corrected chi connectivity index (χ3v) is 3.91. The first kappa shape index (κ1) is 18.5. The van der Waals surface area contributed by atoms with E-state index in [0.717, 1.165) is 10.6 Å². The van der Waals surface area contributed by atoms with Gasteiger partial charge < -0.3 is 9.47 Å². The number of hydrazine groups is 1. The minimum absolute atomic E-state index is 0.421. The zero-order valence-corrected chi connectivity index (χ0v) is 14.8. The number of hydrogen-bond acceptors (Lipinski definition) is 5. The molecule has 0 radical (unpaired) electrons. The number of rotatable bonds is 7. The summed E-state index contributed by atoms with van der Waals surface area (Å²) in [4.78, 5) is 24.6. The molecule has 7 heteroatoms. The maximum absolute atomic E-state index is 12.0. The molecule has 0 aliphatic carbocycles. The van der Waals surface area contributed by atoms with Gasteiger partial charge in [-0.3, -0.25) is 20.4 Å². The molecule has 0 fully saturated rings. The Morgan fingerprint density at radius 2 is 1.88 bits per heavy atom. The SMILES string of the molecule is CCOc1ccc(OC(C)C(=O)NNC(=O)/C=C/c2cccs2)cc1. The highest BCUT2D eigenvalue weighted by molar-refractivity contribution is 7.10. The summed E-state index contributed by atoms with van der Waals surface area (Å²) in [6, 6.07) is 10.7. The minimum Gasteiger partial charge on any atom is -0.494 e. The van der Waals surface area contributed by atoms with Crippen LogP contribution in [0.3, 0.4) is 0 Å². The largest absolute Gasteiger partial charge is 0.494 e. The van der Waals surface area contributed by atoms with Crippen molar-refractivity contribution in [3.63, 3.8) is 0 Å². The molecule has 2 rings (SSSR count). The van der Waals surface area contributed by atoms with Crippen molar-refractivity contribution in [3.8, 4) is 11.5 Å². The highest BCUT2D eigenvalue weighted by Crippen LogP contribution is 2.18. The Labute approximate surface area is 150 Å². The molecule has 0 aliphatic heterocycles. The van der Waals surface area contributed by atoms with E-state index in [9.17, 15) is 9.59 Å². The summed E-state index contributed by atoms with van der Waals surface area (Å²) in [6.45, 7) is 4.08. The van der Waals surface area contributed by atoms with Crippen molar-refractivity contribution >= 4 is 29.2 Å². The first-order chi connectivity index (χ1) is 12.1. The molecule has 2 aromatic rings.